The van der Waals surface area contributed by atoms with Crippen LogP contribution >= 0.6 is 0 Å². The van der Waals surface area contributed by atoms with Gasteiger partial charge in [-0.25, -0.2) is 17.2 Å². The monoisotopic (exact) mass is 494 g/mol. The second-order valence-electron chi connectivity index (χ2n) is 8.60. The summed E-state index contributed by atoms with van der Waals surface area (Å²) in [7, 11) is -4.19. The van der Waals surface area contributed by atoms with E-state index in [1.807, 2.05) is 26.0 Å². The van der Waals surface area contributed by atoms with E-state index in [1.54, 1.807) is 0 Å². The van der Waals surface area contributed by atoms with Crippen molar-refractivity contribution in [1.29, 1.82) is 0 Å². The molecule has 0 saturated carbocycles. The molecule has 34 heavy (non-hydrogen) atoms. The summed E-state index contributed by atoms with van der Waals surface area (Å²) in [6.07, 6.45) is 1.47. The molecule has 0 unspecified atom stereocenters. The number of amides is 1. The quantitative estimate of drug-likeness (QED) is 0.638. The number of fused-ring (bicyclic) bond motifs is 1. The minimum Gasteiger partial charge on any atom is -0.494 e. The Balaban J connectivity index is 1.37. The van der Waals surface area contributed by atoms with E-state index in [2.05, 4.69) is 5.32 Å². The minimum absolute atomic E-state index is 0.0468. The number of carbonyl (C=O) groups excluding carboxylic acids is 1. The number of rotatable bonds is 7. The summed E-state index contributed by atoms with van der Waals surface area (Å²) < 4.78 is 65.7. The summed E-state index contributed by atoms with van der Waals surface area (Å²) in [6, 6.07) is 6.20. The topological polar surface area (TPSA) is 84.9 Å². The molecule has 1 saturated heterocycles. The molecule has 7 nitrogen and oxygen atoms in total. The molecule has 2 aliphatic heterocycles. The lowest BCUT2D eigenvalue weighted by molar-refractivity contribution is -0.126. The molecule has 2 aromatic carbocycles. The van der Waals surface area contributed by atoms with Gasteiger partial charge in [0.15, 0.2) is 0 Å². The van der Waals surface area contributed by atoms with Gasteiger partial charge in [-0.1, -0.05) is 0 Å². The van der Waals surface area contributed by atoms with Gasteiger partial charge in [0.25, 0.3) is 0 Å². The average molecular weight is 495 g/mol. The molecule has 10 heteroatoms. The summed E-state index contributed by atoms with van der Waals surface area (Å²) in [5.74, 6) is -0.900. The third kappa shape index (κ3) is 5.02. The van der Waals surface area contributed by atoms with E-state index in [0.717, 1.165) is 39.7 Å². The molecule has 184 valence electrons. The Morgan fingerprint density at radius 3 is 2.65 bits per heavy atom. The van der Waals surface area contributed by atoms with Crippen LogP contribution in [-0.2, 0) is 27.8 Å². The van der Waals surface area contributed by atoms with Crippen molar-refractivity contribution in [2.45, 2.75) is 50.7 Å². The van der Waals surface area contributed by atoms with E-state index >= 15 is 0 Å². The van der Waals surface area contributed by atoms with Gasteiger partial charge in [0, 0.05) is 43.1 Å². The highest BCUT2D eigenvalue weighted by molar-refractivity contribution is 7.89. The van der Waals surface area contributed by atoms with Crippen LogP contribution in [0.5, 0.6) is 11.5 Å². The summed E-state index contributed by atoms with van der Waals surface area (Å²) in [6.45, 7) is 4.74. The molecule has 2 aromatic rings. The Labute approximate surface area is 198 Å². The first-order valence-electron chi connectivity index (χ1n) is 11.4. The number of carbonyl (C=O) groups is 1. The summed E-state index contributed by atoms with van der Waals surface area (Å²) in [5.41, 5.74) is 1.89. The van der Waals surface area contributed by atoms with Crippen LogP contribution in [0.2, 0.25) is 0 Å². The molecular formula is C24H28F2N2O5S. The molecule has 0 aromatic heterocycles. The van der Waals surface area contributed by atoms with Crippen LogP contribution in [0.4, 0.5) is 8.78 Å². The van der Waals surface area contributed by atoms with Crippen molar-refractivity contribution in [2.75, 3.05) is 19.7 Å². The van der Waals surface area contributed by atoms with Crippen LogP contribution in [0.1, 0.15) is 37.8 Å². The number of hydrogen-bond donors (Lipinski definition) is 1. The van der Waals surface area contributed by atoms with Crippen LogP contribution in [0, 0.1) is 17.6 Å². The Kier molecular flexibility index (Phi) is 7.09. The average Bonchev–Trinajstić information content (AvgIpc) is 3.17. The fourth-order valence-electron chi connectivity index (χ4n) is 4.41. The van der Waals surface area contributed by atoms with Crippen LogP contribution in [0.3, 0.4) is 0 Å². The predicted octanol–water partition coefficient (Wildman–Crippen LogP) is 3.40. The third-order valence-corrected chi connectivity index (χ3v) is 8.08. The molecule has 0 radical (unpaired) electrons. The van der Waals surface area contributed by atoms with Gasteiger partial charge in [0.05, 0.1) is 6.61 Å². The molecule has 0 aliphatic carbocycles. The minimum atomic E-state index is -4.19. The highest BCUT2D eigenvalue weighted by atomic mass is 32.2. The van der Waals surface area contributed by atoms with Crippen molar-refractivity contribution in [1.82, 2.24) is 9.62 Å². The molecule has 2 aliphatic rings. The number of sulfonamides is 1. The summed E-state index contributed by atoms with van der Waals surface area (Å²) >= 11 is 0. The molecule has 1 atom stereocenters. The van der Waals surface area contributed by atoms with Crippen LogP contribution in [0.15, 0.2) is 35.2 Å². The van der Waals surface area contributed by atoms with Gasteiger partial charge >= 0.3 is 0 Å². The number of halogens is 2. The van der Waals surface area contributed by atoms with E-state index < -0.39 is 26.6 Å². The Bertz CT molecular complexity index is 1180. The summed E-state index contributed by atoms with van der Waals surface area (Å²) in [5, 5.41) is 2.92. The number of nitrogens with zero attached hydrogens (tertiary/aromatic N) is 1. The number of piperidine rings is 1. The lowest BCUT2D eigenvalue weighted by Gasteiger charge is -2.30. The van der Waals surface area contributed by atoms with Gasteiger partial charge in [0.1, 0.15) is 34.1 Å². The zero-order valence-corrected chi connectivity index (χ0v) is 20.0. The van der Waals surface area contributed by atoms with Gasteiger partial charge in [-0.15, -0.1) is 0 Å². The van der Waals surface area contributed by atoms with Gasteiger partial charge in [-0.05, 0) is 57.0 Å². The van der Waals surface area contributed by atoms with Crippen LogP contribution in [0.25, 0.3) is 0 Å². The smallest absolute Gasteiger partial charge is 0.246 e. The molecule has 1 N–H and O–H groups in total. The second kappa shape index (κ2) is 9.87. The Morgan fingerprint density at radius 2 is 1.94 bits per heavy atom. The SMILES string of the molecule is CCOc1cc2c(cc1CNC(=O)C1CCN(S(=O)(=O)c3cc(F)ccc3F)CC1)O[C@@H](C)C2. The Morgan fingerprint density at radius 1 is 1.21 bits per heavy atom. The number of benzene rings is 2. The molecule has 1 fully saturated rings. The van der Waals surface area contributed by atoms with Gasteiger partial charge < -0.3 is 14.8 Å². The number of hydrogen-bond acceptors (Lipinski definition) is 5. The molecule has 0 bridgehead atoms. The molecular weight excluding hydrogens is 466 g/mol. The molecule has 1 amide bonds. The van der Waals surface area contributed by atoms with E-state index in [-0.39, 0.29) is 50.4 Å². The van der Waals surface area contributed by atoms with Crippen molar-refractivity contribution in [3.05, 3.63) is 53.1 Å². The second-order valence-corrected chi connectivity index (χ2v) is 10.5. The largest absolute Gasteiger partial charge is 0.494 e. The van der Waals surface area contributed by atoms with Crippen molar-refractivity contribution < 1.29 is 31.5 Å². The summed E-state index contributed by atoms with van der Waals surface area (Å²) in [4.78, 5) is 12.1. The maximum Gasteiger partial charge on any atom is 0.246 e. The van der Waals surface area contributed by atoms with E-state index in [1.165, 1.54) is 0 Å². The highest BCUT2D eigenvalue weighted by Gasteiger charge is 2.34. The molecule has 4 rings (SSSR count). The normalized spacial score (nSPS) is 18.9. The van der Waals surface area contributed by atoms with E-state index in [0.29, 0.717) is 18.4 Å². The first-order valence-corrected chi connectivity index (χ1v) is 12.8. The van der Waals surface area contributed by atoms with E-state index in [4.69, 9.17) is 9.47 Å². The Hall–Kier alpha value is -2.72. The lowest BCUT2D eigenvalue weighted by Crippen LogP contribution is -2.43. The predicted molar refractivity (Wildman–Crippen MR) is 121 cm³/mol. The lowest BCUT2D eigenvalue weighted by atomic mass is 9.97. The van der Waals surface area contributed by atoms with Crippen molar-refractivity contribution in [3.8, 4) is 11.5 Å². The molecule has 0 spiro atoms. The first kappa shape index (κ1) is 24.4. The third-order valence-electron chi connectivity index (χ3n) is 6.17. The molecule has 2 heterocycles. The standard InChI is InChI=1S/C24H28F2N2O5S/c1-3-32-21-11-17-10-15(2)33-22(17)12-18(21)14-27-24(29)16-6-8-28(9-7-16)34(30,31)23-13-19(25)4-5-20(23)26/h4-5,11-13,15-16H,3,6-10,14H2,1-2H3,(H,27,29)/t15-/m0/s1. The van der Waals surface area contributed by atoms with Crippen molar-refractivity contribution in [2.24, 2.45) is 5.92 Å². The zero-order chi connectivity index (χ0) is 24.5. The number of ether oxygens (including phenoxy) is 2. The van der Waals surface area contributed by atoms with Gasteiger partial charge in [-0.3, -0.25) is 4.79 Å². The highest BCUT2D eigenvalue weighted by Crippen LogP contribution is 2.35. The van der Waals surface area contributed by atoms with Crippen LogP contribution < -0.4 is 14.8 Å². The maximum absolute atomic E-state index is 14.0. The van der Waals surface area contributed by atoms with Crippen molar-refractivity contribution in [3.63, 3.8) is 0 Å². The fourth-order valence-corrected chi connectivity index (χ4v) is 5.95. The van der Waals surface area contributed by atoms with Crippen LogP contribution in [-0.4, -0.2) is 44.4 Å². The fraction of sp³-hybridized carbons (Fsp3) is 0.458. The number of nitrogens with one attached hydrogen (secondary N) is 1. The maximum atomic E-state index is 14.0. The van der Waals surface area contributed by atoms with Crippen molar-refractivity contribution >= 4 is 15.9 Å². The zero-order valence-electron chi connectivity index (χ0n) is 19.1. The first-order chi connectivity index (χ1) is 16.2. The van der Waals surface area contributed by atoms with Gasteiger partial charge in [0.2, 0.25) is 15.9 Å². The van der Waals surface area contributed by atoms with E-state index in [9.17, 15) is 22.0 Å². The van der Waals surface area contributed by atoms with Gasteiger partial charge in [-0.2, -0.15) is 4.31 Å².